The monoisotopic (exact) mass is 382 g/mol. The van der Waals surface area contributed by atoms with E-state index in [9.17, 15) is 16.8 Å². The molecular formula is C17H22N2O4S2. The van der Waals surface area contributed by atoms with E-state index in [1.807, 2.05) is 12.1 Å². The highest BCUT2D eigenvalue weighted by molar-refractivity contribution is 7.92. The Hall–Kier alpha value is -1.90. The zero-order chi connectivity index (χ0) is 18.9. The molecule has 8 heteroatoms. The second kappa shape index (κ2) is 6.78. The highest BCUT2D eigenvalue weighted by Crippen LogP contribution is 2.24. The molecule has 6 nitrogen and oxygen atoms in total. The Balaban J connectivity index is 2.25. The Morgan fingerprint density at radius 3 is 1.56 bits per heavy atom. The van der Waals surface area contributed by atoms with Crippen molar-refractivity contribution in [2.45, 2.75) is 36.0 Å². The number of anilines is 1. The van der Waals surface area contributed by atoms with Gasteiger partial charge in [-0.25, -0.2) is 21.6 Å². The van der Waals surface area contributed by atoms with Gasteiger partial charge in [-0.2, -0.15) is 0 Å². The molecular weight excluding hydrogens is 360 g/mol. The van der Waals surface area contributed by atoms with Gasteiger partial charge in [-0.05, 0) is 54.4 Å². The molecule has 2 aromatic carbocycles. The Morgan fingerprint density at radius 2 is 1.16 bits per heavy atom. The first-order valence-electron chi connectivity index (χ1n) is 7.63. The fraction of sp³-hybridized carbons (Fsp3) is 0.294. The Morgan fingerprint density at radius 1 is 0.720 bits per heavy atom. The van der Waals surface area contributed by atoms with Crippen LogP contribution in [0.5, 0.6) is 0 Å². The molecule has 2 rings (SSSR count). The van der Waals surface area contributed by atoms with Crippen LogP contribution in [0, 0.1) is 0 Å². The molecule has 0 aromatic heterocycles. The topological polar surface area (TPSA) is 92.3 Å². The third-order valence-corrected chi connectivity index (χ3v) is 6.54. The van der Waals surface area contributed by atoms with Crippen LogP contribution in [0.3, 0.4) is 0 Å². The van der Waals surface area contributed by atoms with E-state index in [2.05, 4.69) is 30.2 Å². The van der Waals surface area contributed by atoms with E-state index in [-0.39, 0.29) is 15.2 Å². The Labute approximate surface area is 149 Å². The smallest absolute Gasteiger partial charge is 0.261 e. The summed E-state index contributed by atoms with van der Waals surface area (Å²) in [5.74, 6) is 0. The lowest BCUT2D eigenvalue weighted by Gasteiger charge is -2.19. The number of rotatable bonds is 5. The molecule has 0 aliphatic carbocycles. The maximum absolute atomic E-state index is 12.4. The minimum atomic E-state index is -3.80. The molecule has 0 aliphatic rings. The van der Waals surface area contributed by atoms with Gasteiger partial charge in [-0.15, -0.1) is 0 Å². The summed E-state index contributed by atoms with van der Waals surface area (Å²) in [6.45, 7) is 6.23. The molecule has 136 valence electrons. The highest BCUT2D eigenvalue weighted by atomic mass is 32.2. The Kier molecular flexibility index (Phi) is 5.27. The minimum absolute atomic E-state index is 0.00322. The predicted octanol–water partition coefficient (Wildman–Crippen LogP) is 2.69. The minimum Gasteiger partial charge on any atom is -0.280 e. The van der Waals surface area contributed by atoms with Crippen molar-refractivity contribution in [3.8, 4) is 0 Å². The first-order chi connectivity index (χ1) is 11.5. The summed E-state index contributed by atoms with van der Waals surface area (Å²) in [5.41, 5.74) is 1.52. The van der Waals surface area contributed by atoms with Crippen LogP contribution in [0.1, 0.15) is 26.3 Å². The fourth-order valence-electron chi connectivity index (χ4n) is 2.17. The molecule has 2 N–H and O–H groups in total. The number of hydrogen-bond donors (Lipinski definition) is 2. The molecule has 0 bridgehead atoms. The molecule has 0 spiro atoms. The van der Waals surface area contributed by atoms with E-state index in [1.54, 1.807) is 12.1 Å². The summed E-state index contributed by atoms with van der Waals surface area (Å²) in [7, 11) is -6.10. The van der Waals surface area contributed by atoms with Crippen molar-refractivity contribution in [2.24, 2.45) is 0 Å². The molecule has 0 fully saturated rings. The third kappa shape index (κ3) is 4.59. The lowest BCUT2D eigenvalue weighted by Crippen LogP contribution is -2.19. The van der Waals surface area contributed by atoms with Crippen LogP contribution in [-0.4, -0.2) is 23.9 Å². The van der Waals surface area contributed by atoms with Gasteiger partial charge in [0.1, 0.15) is 0 Å². The molecule has 0 heterocycles. The quantitative estimate of drug-likeness (QED) is 0.832. The molecule has 0 saturated carbocycles. The van der Waals surface area contributed by atoms with Crippen molar-refractivity contribution < 1.29 is 16.8 Å². The third-order valence-electron chi connectivity index (χ3n) is 3.72. The number of benzene rings is 2. The summed E-state index contributed by atoms with van der Waals surface area (Å²) in [6, 6.07) is 12.2. The molecule has 2 aromatic rings. The predicted molar refractivity (Wildman–Crippen MR) is 98.6 cm³/mol. The van der Waals surface area contributed by atoms with Crippen molar-refractivity contribution in [3.63, 3.8) is 0 Å². The number of sulfonamides is 2. The summed E-state index contributed by atoms with van der Waals surface area (Å²) in [5, 5.41) is 0. The van der Waals surface area contributed by atoms with Gasteiger partial charge in [0.05, 0.1) is 9.79 Å². The number of nitrogens with one attached hydrogen (secondary N) is 2. The van der Waals surface area contributed by atoms with Gasteiger partial charge in [0.25, 0.3) is 10.0 Å². The number of hydrogen-bond acceptors (Lipinski definition) is 4. The van der Waals surface area contributed by atoms with E-state index in [0.29, 0.717) is 5.69 Å². The first-order valence-corrected chi connectivity index (χ1v) is 10.6. The van der Waals surface area contributed by atoms with E-state index in [1.165, 1.54) is 31.3 Å². The summed E-state index contributed by atoms with van der Waals surface area (Å²) in [6.07, 6.45) is 0. The van der Waals surface area contributed by atoms with Crippen molar-refractivity contribution in [1.29, 1.82) is 0 Å². The van der Waals surface area contributed by atoms with Crippen molar-refractivity contribution in [1.82, 2.24) is 4.72 Å². The van der Waals surface area contributed by atoms with Crippen molar-refractivity contribution in [2.75, 3.05) is 11.8 Å². The standard InChI is InChI=1S/C17H22N2O4S2/c1-17(2,3)13-5-7-14(8-6-13)19-25(22,23)16-11-9-15(10-12-16)24(20,21)18-4/h5-12,18-19H,1-4H3. The van der Waals surface area contributed by atoms with E-state index in [0.717, 1.165) is 5.56 Å². The van der Waals surface area contributed by atoms with Crippen LogP contribution in [0.15, 0.2) is 58.3 Å². The van der Waals surface area contributed by atoms with Crippen LogP contribution < -0.4 is 9.44 Å². The average Bonchev–Trinajstić information content (AvgIpc) is 2.54. The maximum Gasteiger partial charge on any atom is 0.261 e. The van der Waals surface area contributed by atoms with Gasteiger partial charge in [-0.3, -0.25) is 4.72 Å². The average molecular weight is 383 g/mol. The Bertz CT molecular complexity index is 941. The zero-order valence-corrected chi connectivity index (χ0v) is 16.2. The molecule has 0 radical (unpaired) electrons. The van der Waals surface area contributed by atoms with Gasteiger partial charge in [-0.1, -0.05) is 32.9 Å². The largest absolute Gasteiger partial charge is 0.280 e. The lowest BCUT2D eigenvalue weighted by atomic mass is 9.87. The summed E-state index contributed by atoms with van der Waals surface area (Å²) in [4.78, 5) is -0.00840. The van der Waals surface area contributed by atoms with Gasteiger partial charge in [0, 0.05) is 5.69 Å². The van der Waals surface area contributed by atoms with E-state index >= 15 is 0 Å². The van der Waals surface area contributed by atoms with Gasteiger partial charge < -0.3 is 0 Å². The van der Waals surface area contributed by atoms with Gasteiger partial charge in [0.15, 0.2) is 0 Å². The molecule has 0 atom stereocenters. The summed E-state index contributed by atoms with van der Waals surface area (Å²) < 4.78 is 52.9. The summed E-state index contributed by atoms with van der Waals surface area (Å²) >= 11 is 0. The van der Waals surface area contributed by atoms with Crippen LogP contribution in [0.4, 0.5) is 5.69 Å². The van der Waals surface area contributed by atoms with E-state index < -0.39 is 20.0 Å². The van der Waals surface area contributed by atoms with Gasteiger partial charge in [0.2, 0.25) is 10.0 Å². The van der Waals surface area contributed by atoms with Gasteiger partial charge >= 0.3 is 0 Å². The molecule has 0 unspecified atom stereocenters. The molecule has 0 aliphatic heterocycles. The van der Waals surface area contributed by atoms with Crippen LogP contribution in [-0.2, 0) is 25.5 Å². The maximum atomic E-state index is 12.4. The molecule has 25 heavy (non-hydrogen) atoms. The normalized spacial score (nSPS) is 12.8. The van der Waals surface area contributed by atoms with Crippen LogP contribution in [0.25, 0.3) is 0 Å². The van der Waals surface area contributed by atoms with Crippen molar-refractivity contribution >= 4 is 25.7 Å². The highest BCUT2D eigenvalue weighted by Gasteiger charge is 2.18. The molecule has 0 saturated heterocycles. The SMILES string of the molecule is CNS(=O)(=O)c1ccc(S(=O)(=O)Nc2ccc(C(C)(C)C)cc2)cc1. The van der Waals surface area contributed by atoms with Crippen LogP contribution >= 0.6 is 0 Å². The first kappa shape index (κ1) is 19.4. The zero-order valence-electron chi connectivity index (χ0n) is 14.6. The second-order valence-electron chi connectivity index (χ2n) is 6.61. The van der Waals surface area contributed by atoms with E-state index in [4.69, 9.17) is 0 Å². The van der Waals surface area contributed by atoms with Crippen molar-refractivity contribution in [3.05, 3.63) is 54.1 Å². The molecule has 0 amide bonds. The second-order valence-corrected chi connectivity index (χ2v) is 10.2. The fourth-order valence-corrected chi connectivity index (χ4v) is 3.96. The van der Waals surface area contributed by atoms with Crippen LogP contribution in [0.2, 0.25) is 0 Å². The lowest BCUT2D eigenvalue weighted by molar-refractivity contribution is 0.587.